The molecule has 0 N–H and O–H groups in total. The molecule has 3 aromatic heterocycles. The maximum absolute atomic E-state index is 11.4. The van der Waals surface area contributed by atoms with Gasteiger partial charge >= 0.3 is 0 Å². The Bertz CT molecular complexity index is 6180. The van der Waals surface area contributed by atoms with Gasteiger partial charge < -0.3 is 18.9 Å². The standard InChI is InChI=1S/C74H71BN4S/c1-70(2,3)42-26-31-55-49(34-42)50-35-43(71(4,5)6)27-32-56(50)76(55)47-29-30-53-60(41-47)77(58-22-19-25-65-66(58)48-20-16-17-24-64(48)80-65)61-38-46(74(13,14)15)39-62-67(61)75(53)54-21-18-23-59-69(54)79(62)63-40-45(73(10,11)12)37-52-51-36-44(72(7,8)9)28-33-57(51)78(59)68(52)63/h16-41H,1-15H3/i16D,17D,18D,19D,20D,21D,22D,23D,24D,25D,26D,27D,28D,29D,30D,31D,32D,33D,34D,35D,36D,37D,38D,39D,40D,41D. The zero-order valence-electron chi connectivity index (χ0n) is 73.3. The fourth-order valence-electron chi connectivity index (χ4n) is 11.5. The third-order valence-corrected chi connectivity index (χ3v) is 16.7. The summed E-state index contributed by atoms with van der Waals surface area (Å²) in [7, 11) is 0. The van der Waals surface area contributed by atoms with E-state index in [1.54, 1.807) is 104 Å². The Morgan fingerprint density at radius 1 is 0.362 bits per heavy atom. The molecule has 3 aliphatic rings. The first-order valence-corrected chi connectivity index (χ1v) is 27.8. The van der Waals surface area contributed by atoms with Crippen LogP contribution in [-0.2, 0) is 27.1 Å². The normalized spacial score (nSPS) is 18.9. The van der Waals surface area contributed by atoms with Gasteiger partial charge in [-0.05, 0) is 168 Å². The number of para-hydroxylation sites is 1. The molecule has 0 saturated heterocycles. The molecule has 0 aliphatic carbocycles. The first-order valence-electron chi connectivity index (χ1n) is 40.0. The fraction of sp³-hybridized carbons (Fsp3) is 0.270. The van der Waals surface area contributed by atoms with Crippen LogP contribution in [0.4, 0.5) is 34.1 Å². The van der Waals surface area contributed by atoms with Gasteiger partial charge in [-0.25, -0.2) is 0 Å². The third kappa shape index (κ3) is 6.93. The Morgan fingerprint density at radius 2 is 0.863 bits per heavy atom. The molecule has 15 rings (SSSR count). The van der Waals surface area contributed by atoms with E-state index < -0.39 is 188 Å². The highest BCUT2D eigenvalue weighted by Crippen LogP contribution is 2.55. The van der Waals surface area contributed by atoms with Gasteiger partial charge in [-0.1, -0.05) is 164 Å². The van der Waals surface area contributed by atoms with E-state index in [9.17, 15) is 32.9 Å². The topological polar surface area (TPSA) is 16.3 Å². The number of benzene rings is 9. The van der Waals surface area contributed by atoms with Crippen molar-refractivity contribution in [3.63, 3.8) is 0 Å². The van der Waals surface area contributed by atoms with Crippen molar-refractivity contribution in [2.45, 2.75) is 131 Å². The molecule has 6 heterocycles. The molecule has 6 heteroatoms. The van der Waals surface area contributed by atoms with Crippen LogP contribution in [0.5, 0.6) is 0 Å². The highest BCUT2D eigenvalue weighted by molar-refractivity contribution is 7.26. The van der Waals surface area contributed by atoms with E-state index in [0.717, 1.165) is 9.47 Å². The second-order valence-corrected chi connectivity index (χ2v) is 27.6. The second kappa shape index (κ2) is 16.1. The van der Waals surface area contributed by atoms with Crippen molar-refractivity contribution in [2.75, 3.05) is 9.80 Å². The predicted molar refractivity (Wildman–Crippen MR) is 349 cm³/mol. The number of anilines is 6. The lowest BCUT2D eigenvalue weighted by atomic mass is 9.33. The minimum Gasteiger partial charge on any atom is -0.311 e. The van der Waals surface area contributed by atoms with Gasteiger partial charge in [0, 0.05) is 64.5 Å². The summed E-state index contributed by atoms with van der Waals surface area (Å²) in [6, 6.07) is -15.3. The van der Waals surface area contributed by atoms with Crippen molar-refractivity contribution in [1.29, 1.82) is 0 Å². The van der Waals surface area contributed by atoms with E-state index in [1.807, 2.05) is 0 Å². The van der Waals surface area contributed by atoms with Gasteiger partial charge in [0.25, 0.3) is 6.71 Å². The number of aromatic nitrogens is 2. The predicted octanol–water partition coefficient (Wildman–Crippen LogP) is 19.1. The molecule has 0 saturated carbocycles. The first kappa shape index (κ1) is 29.3. The van der Waals surface area contributed by atoms with Gasteiger partial charge in [0.15, 0.2) is 0 Å². The Labute approximate surface area is 512 Å². The summed E-state index contributed by atoms with van der Waals surface area (Å²) in [4.78, 5) is 2.61. The van der Waals surface area contributed by atoms with E-state index >= 15 is 0 Å². The molecule has 0 radical (unpaired) electrons. The Morgan fingerprint density at radius 3 is 1.48 bits per heavy atom. The number of hydrogen-bond donors (Lipinski definition) is 0. The minimum atomic E-state index is -1.89. The van der Waals surface area contributed by atoms with Gasteiger partial charge in [-0.3, -0.25) is 0 Å². The van der Waals surface area contributed by atoms with Crippen LogP contribution in [0, 0.1) is 0 Å². The van der Waals surface area contributed by atoms with E-state index in [1.165, 1.54) is 9.47 Å². The molecule has 9 aromatic carbocycles. The van der Waals surface area contributed by atoms with Crippen molar-refractivity contribution in [2.24, 2.45) is 0 Å². The molecule has 0 spiro atoms. The summed E-state index contributed by atoms with van der Waals surface area (Å²) in [6.07, 6.45) is 0. The van der Waals surface area contributed by atoms with Crippen LogP contribution in [0.1, 0.15) is 167 Å². The summed E-state index contributed by atoms with van der Waals surface area (Å²) in [6.45, 7) is 24.2. The lowest BCUT2D eigenvalue weighted by Crippen LogP contribution is -2.62. The Balaban J connectivity index is 1.27. The van der Waals surface area contributed by atoms with Crippen molar-refractivity contribution in [3.05, 3.63) is 185 Å². The second-order valence-electron chi connectivity index (χ2n) is 26.6. The molecular formula is C74H71BN4S. The number of rotatable bonds is 2. The number of thiophene rings is 1. The van der Waals surface area contributed by atoms with Gasteiger partial charge in [-0.15, -0.1) is 11.3 Å². The van der Waals surface area contributed by atoms with E-state index in [4.69, 9.17) is 2.74 Å². The van der Waals surface area contributed by atoms with Crippen LogP contribution in [0.25, 0.3) is 75.2 Å². The summed E-state index contributed by atoms with van der Waals surface area (Å²) in [5.41, 5.74) is -10.3. The number of hydrogen-bond acceptors (Lipinski definition) is 3. The maximum atomic E-state index is 11.4. The molecule has 12 aromatic rings. The molecule has 0 amide bonds. The van der Waals surface area contributed by atoms with Gasteiger partial charge in [0.05, 0.1) is 80.5 Å². The first-order chi connectivity index (χ1) is 48.8. The van der Waals surface area contributed by atoms with Crippen LogP contribution < -0.4 is 26.2 Å². The lowest BCUT2D eigenvalue weighted by Gasteiger charge is -2.47. The minimum absolute atomic E-state index is 0.00376. The van der Waals surface area contributed by atoms with Crippen LogP contribution >= 0.6 is 11.3 Å². The molecule has 4 nitrogen and oxygen atoms in total. The zero-order valence-corrected chi connectivity index (χ0v) is 48.1. The number of fused-ring (bicyclic) bond motifs is 15. The summed E-state index contributed by atoms with van der Waals surface area (Å²) in [5, 5.41) is -0.913. The molecule has 0 bridgehead atoms. The Hall–Kier alpha value is -7.54. The molecule has 0 atom stereocenters. The van der Waals surface area contributed by atoms with Gasteiger partial charge in [-0.2, -0.15) is 0 Å². The molecule has 80 heavy (non-hydrogen) atoms. The van der Waals surface area contributed by atoms with E-state index in [-0.39, 0.29) is 156 Å². The number of nitrogens with zero attached hydrogens (tertiary/aromatic N) is 4. The van der Waals surface area contributed by atoms with Crippen LogP contribution in [-0.4, -0.2) is 15.8 Å². The largest absolute Gasteiger partial charge is 0.311 e. The van der Waals surface area contributed by atoms with Crippen molar-refractivity contribution < 1.29 is 35.6 Å². The smallest absolute Gasteiger partial charge is 0.252 e. The summed E-state index contributed by atoms with van der Waals surface area (Å²) >= 11 is 0.704. The molecule has 0 fully saturated rings. The third-order valence-electron chi connectivity index (χ3n) is 15.7. The van der Waals surface area contributed by atoms with E-state index in [2.05, 4.69) is 0 Å². The molecular weight excluding hydrogens is 988 g/mol. The lowest BCUT2D eigenvalue weighted by molar-refractivity contribution is 0.590. The van der Waals surface area contributed by atoms with Crippen LogP contribution in [0.2, 0.25) is 0 Å². The highest BCUT2D eigenvalue weighted by atomic mass is 32.1. The average Bonchev–Trinajstić information content (AvgIpc) is 1.20. The zero-order chi connectivity index (χ0) is 78.3. The maximum Gasteiger partial charge on any atom is 0.252 e. The SMILES string of the molecule is [2H]c1c([2H])c2c3c(c1[2H])-n1c4c([2H])c([2H])c(C(C)(C)C)c([2H])c4c4c([2H])c(C(C)(C)C)c([2H])c(c41)N3c1c([2H])c(C(C)(C)C)c([2H])c3c1B2c1c([2H])c([2H])c(-n2c4c([2H])c([2H])c(C(C)(C)C)c([2H])c4c4c([2H])c(C(C)(C)C)c([2H])c([2H])c42)c([2H])c1N3c1c([2H])c([2H])c([2H])c2sc3c([2H])c([2H])c([2H])c([2H])c3c12. The van der Waals surface area contributed by atoms with Gasteiger partial charge in [0.2, 0.25) is 0 Å². The van der Waals surface area contributed by atoms with E-state index in [0.29, 0.717) is 11.3 Å². The van der Waals surface area contributed by atoms with Crippen molar-refractivity contribution in [3.8, 4) is 11.4 Å². The Kier molecular flexibility index (Phi) is 5.89. The van der Waals surface area contributed by atoms with Crippen molar-refractivity contribution in [1.82, 2.24) is 9.13 Å². The van der Waals surface area contributed by atoms with Gasteiger partial charge in [0.1, 0.15) is 0 Å². The molecule has 3 aliphatic heterocycles. The van der Waals surface area contributed by atoms with Crippen LogP contribution in [0.3, 0.4) is 0 Å². The summed E-state index contributed by atoms with van der Waals surface area (Å²) in [5.74, 6) is 0. The summed E-state index contributed by atoms with van der Waals surface area (Å²) < 4.78 is 266. The molecule has 396 valence electrons. The average molecular weight is 1090 g/mol. The monoisotopic (exact) mass is 1080 g/mol. The van der Waals surface area contributed by atoms with Crippen LogP contribution in [0.15, 0.2) is 157 Å². The molecule has 0 unspecified atom stereocenters. The van der Waals surface area contributed by atoms with Crippen molar-refractivity contribution >= 4 is 132 Å². The quantitative estimate of drug-likeness (QED) is 0.160. The highest BCUT2D eigenvalue weighted by Gasteiger charge is 2.47. The fourth-order valence-corrected chi connectivity index (χ4v) is 12.5.